The molecular weight excluding hydrogens is 245 g/mol. The van der Waals surface area contributed by atoms with Gasteiger partial charge in [0.15, 0.2) is 0 Å². The Bertz CT molecular complexity index is 318. The number of hydrogen-bond donors (Lipinski definition) is 0. The summed E-state index contributed by atoms with van der Waals surface area (Å²) < 4.78 is 28.5. The minimum Gasteiger partial charge on any atom is -0.434 e. The summed E-state index contributed by atoms with van der Waals surface area (Å²) in [7, 11) is 0. The molecule has 0 aliphatic carbocycles. The van der Waals surface area contributed by atoms with E-state index < -0.39 is 6.61 Å². The van der Waals surface area contributed by atoms with E-state index in [9.17, 15) is 8.78 Å². The standard InChI is InChI=1S/C10H10Cl2F2O/c11-5-1-2-7-3-4-8(12)6-9(7)15-10(13)14/h3-4,6,10H,1-2,5H2. The Morgan fingerprint density at radius 3 is 2.67 bits per heavy atom. The van der Waals surface area contributed by atoms with E-state index in [0.717, 1.165) is 0 Å². The number of hydrogen-bond acceptors (Lipinski definition) is 1. The van der Waals surface area contributed by atoms with Gasteiger partial charge in [0.2, 0.25) is 0 Å². The summed E-state index contributed by atoms with van der Waals surface area (Å²) in [5.41, 5.74) is 0.695. The second-order valence-electron chi connectivity index (χ2n) is 2.92. The Balaban J connectivity index is 2.82. The molecule has 0 fully saturated rings. The molecular formula is C10H10Cl2F2O. The van der Waals surface area contributed by atoms with Gasteiger partial charge in [0, 0.05) is 10.9 Å². The molecule has 1 aromatic carbocycles. The molecule has 84 valence electrons. The average Bonchev–Trinajstić information content (AvgIpc) is 2.16. The molecule has 1 aromatic rings. The lowest BCUT2D eigenvalue weighted by molar-refractivity contribution is -0.0504. The van der Waals surface area contributed by atoms with Crippen LogP contribution in [0.4, 0.5) is 8.78 Å². The van der Waals surface area contributed by atoms with E-state index in [4.69, 9.17) is 23.2 Å². The molecule has 0 aliphatic rings. The van der Waals surface area contributed by atoms with Crippen molar-refractivity contribution in [2.75, 3.05) is 5.88 Å². The molecule has 0 aromatic heterocycles. The van der Waals surface area contributed by atoms with E-state index in [1.165, 1.54) is 6.07 Å². The van der Waals surface area contributed by atoms with Gasteiger partial charge in [-0.3, -0.25) is 0 Å². The average molecular weight is 255 g/mol. The number of ether oxygens (including phenoxy) is 1. The van der Waals surface area contributed by atoms with Gasteiger partial charge in [-0.25, -0.2) is 0 Å². The summed E-state index contributed by atoms with van der Waals surface area (Å²) in [6.07, 6.45) is 1.31. The van der Waals surface area contributed by atoms with Gasteiger partial charge in [-0.1, -0.05) is 17.7 Å². The summed E-state index contributed by atoms with van der Waals surface area (Å²) in [4.78, 5) is 0. The Morgan fingerprint density at radius 1 is 1.33 bits per heavy atom. The van der Waals surface area contributed by atoms with Gasteiger partial charge in [0.1, 0.15) is 5.75 Å². The van der Waals surface area contributed by atoms with Crippen molar-refractivity contribution in [3.05, 3.63) is 28.8 Å². The van der Waals surface area contributed by atoms with E-state index in [0.29, 0.717) is 29.3 Å². The zero-order chi connectivity index (χ0) is 11.3. The van der Waals surface area contributed by atoms with Crippen LogP contribution in [-0.2, 0) is 6.42 Å². The summed E-state index contributed by atoms with van der Waals surface area (Å²) in [6.45, 7) is -2.83. The van der Waals surface area contributed by atoms with Crippen LogP contribution < -0.4 is 4.74 Å². The Morgan fingerprint density at radius 2 is 2.07 bits per heavy atom. The van der Waals surface area contributed by atoms with Crippen molar-refractivity contribution in [2.24, 2.45) is 0 Å². The zero-order valence-electron chi connectivity index (χ0n) is 7.85. The van der Waals surface area contributed by atoms with Crippen LogP contribution in [0, 0.1) is 0 Å². The number of halogens is 4. The van der Waals surface area contributed by atoms with Crippen LogP contribution in [0.15, 0.2) is 18.2 Å². The predicted octanol–water partition coefficient (Wildman–Crippen LogP) is 4.11. The fourth-order valence-corrected chi connectivity index (χ4v) is 1.49. The predicted molar refractivity (Wildman–Crippen MR) is 57.1 cm³/mol. The third-order valence-electron chi connectivity index (χ3n) is 1.83. The second-order valence-corrected chi connectivity index (χ2v) is 3.74. The lowest BCUT2D eigenvalue weighted by Gasteiger charge is -2.10. The first-order chi connectivity index (χ1) is 7.13. The number of rotatable bonds is 5. The number of alkyl halides is 3. The fourth-order valence-electron chi connectivity index (χ4n) is 1.20. The first kappa shape index (κ1) is 12.5. The molecule has 0 atom stereocenters. The zero-order valence-corrected chi connectivity index (χ0v) is 9.36. The van der Waals surface area contributed by atoms with E-state index in [1.807, 2.05) is 0 Å². The number of aryl methyl sites for hydroxylation is 1. The van der Waals surface area contributed by atoms with E-state index in [2.05, 4.69) is 4.74 Å². The van der Waals surface area contributed by atoms with Crippen LogP contribution >= 0.6 is 23.2 Å². The first-order valence-electron chi connectivity index (χ1n) is 4.42. The van der Waals surface area contributed by atoms with Gasteiger partial charge >= 0.3 is 6.61 Å². The molecule has 0 saturated heterocycles. The lowest BCUT2D eigenvalue weighted by Crippen LogP contribution is -2.04. The molecule has 5 heteroatoms. The molecule has 0 saturated carbocycles. The van der Waals surface area contributed by atoms with Crippen molar-refractivity contribution >= 4 is 23.2 Å². The highest BCUT2D eigenvalue weighted by Crippen LogP contribution is 2.26. The van der Waals surface area contributed by atoms with Gasteiger partial charge < -0.3 is 4.74 Å². The smallest absolute Gasteiger partial charge is 0.387 e. The van der Waals surface area contributed by atoms with Gasteiger partial charge in [-0.15, -0.1) is 11.6 Å². The first-order valence-corrected chi connectivity index (χ1v) is 5.34. The normalized spacial score (nSPS) is 10.7. The number of benzene rings is 1. The summed E-state index contributed by atoms with van der Waals surface area (Å²) in [5.74, 6) is 0.610. The molecule has 0 amide bonds. The SMILES string of the molecule is FC(F)Oc1cc(Cl)ccc1CCCCl. The van der Waals surface area contributed by atoms with Crippen LogP contribution in [0.1, 0.15) is 12.0 Å². The molecule has 0 N–H and O–H groups in total. The van der Waals surface area contributed by atoms with Crippen molar-refractivity contribution < 1.29 is 13.5 Å². The summed E-state index contributed by atoms with van der Waals surface area (Å²) in [6, 6.07) is 4.70. The van der Waals surface area contributed by atoms with Crippen molar-refractivity contribution in [1.29, 1.82) is 0 Å². The molecule has 0 unspecified atom stereocenters. The Hall–Kier alpha value is -0.540. The van der Waals surface area contributed by atoms with Crippen molar-refractivity contribution in [3.8, 4) is 5.75 Å². The maximum Gasteiger partial charge on any atom is 0.387 e. The fraction of sp³-hybridized carbons (Fsp3) is 0.400. The maximum atomic E-state index is 12.1. The molecule has 0 bridgehead atoms. The van der Waals surface area contributed by atoms with Crippen molar-refractivity contribution in [3.63, 3.8) is 0 Å². The molecule has 0 radical (unpaired) electrons. The molecule has 15 heavy (non-hydrogen) atoms. The second kappa shape index (κ2) is 6.13. The van der Waals surface area contributed by atoms with E-state index in [1.54, 1.807) is 12.1 Å². The molecule has 1 nitrogen and oxygen atoms in total. The molecule has 1 rings (SSSR count). The van der Waals surface area contributed by atoms with Gasteiger partial charge in [-0.05, 0) is 30.5 Å². The quantitative estimate of drug-likeness (QED) is 0.719. The van der Waals surface area contributed by atoms with Crippen LogP contribution in [0.25, 0.3) is 0 Å². The van der Waals surface area contributed by atoms with Crippen LogP contribution in [0.5, 0.6) is 5.75 Å². The van der Waals surface area contributed by atoms with Crippen molar-refractivity contribution in [1.82, 2.24) is 0 Å². The molecule has 0 spiro atoms. The Labute approximate surface area is 96.9 Å². The third-order valence-corrected chi connectivity index (χ3v) is 2.33. The topological polar surface area (TPSA) is 9.23 Å². The van der Waals surface area contributed by atoms with E-state index in [-0.39, 0.29) is 5.75 Å². The maximum absolute atomic E-state index is 12.1. The summed E-state index contributed by atoms with van der Waals surface area (Å²) in [5, 5.41) is 0.375. The van der Waals surface area contributed by atoms with Gasteiger partial charge in [0.25, 0.3) is 0 Å². The monoisotopic (exact) mass is 254 g/mol. The third kappa shape index (κ3) is 4.22. The summed E-state index contributed by atoms with van der Waals surface area (Å²) >= 11 is 11.2. The lowest BCUT2D eigenvalue weighted by atomic mass is 10.1. The van der Waals surface area contributed by atoms with Crippen LogP contribution in [0.3, 0.4) is 0 Å². The largest absolute Gasteiger partial charge is 0.434 e. The Kier molecular flexibility index (Phi) is 5.12. The van der Waals surface area contributed by atoms with Gasteiger partial charge in [-0.2, -0.15) is 8.78 Å². The molecule has 0 aliphatic heterocycles. The molecule has 0 heterocycles. The van der Waals surface area contributed by atoms with E-state index >= 15 is 0 Å². The minimum absolute atomic E-state index is 0.127. The van der Waals surface area contributed by atoms with Crippen LogP contribution in [-0.4, -0.2) is 12.5 Å². The highest BCUT2D eigenvalue weighted by molar-refractivity contribution is 6.30. The van der Waals surface area contributed by atoms with Crippen molar-refractivity contribution in [2.45, 2.75) is 19.5 Å². The minimum atomic E-state index is -2.83. The highest BCUT2D eigenvalue weighted by atomic mass is 35.5. The van der Waals surface area contributed by atoms with Gasteiger partial charge in [0.05, 0.1) is 0 Å². The highest BCUT2D eigenvalue weighted by Gasteiger charge is 2.09. The van der Waals surface area contributed by atoms with Crippen LogP contribution in [0.2, 0.25) is 5.02 Å².